The van der Waals surface area contributed by atoms with E-state index in [0.717, 1.165) is 79.7 Å². The van der Waals surface area contributed by atoms with Crippen molar-refractivity contribution < 1.29 is 19.0 Å². The maximum Gasteiger partial charge on any atom is 0.339 e. The molecular weight excluding hydrogens is 602 g/mol. The number of hydrogen-bond acceptors (Lipinski definition) is 7. The summed E-state index contributed by atoms with van der Waals surface area (Å²) in [5.41, 5.74) is 10.8. The van der Waals surface area contributed by atoms with E-state index >= 15 is 0 Å². The molecule has 0 radical (unpaired) electrons. The molecule has 9 heteroatoms. The normalized spacial score (nSPS) is 13.8. The maximum absolute atomic E-state index is 13.5. The molecule has 246 valence electrons. The Kier molecular flexibility index (Phi) is 7.83. The van der Waals surface area contributed by atoms with Crippen LogP contribution in [0.15, 0.2) is 60.9 Å². The van der Waals surface area contributed by atoms with Gasteiger partial charge >= 0.3 is 5.97 Å². The first-order chi connectivity index (χ1) is 22.9. The zero-order valence-electron chi connectivity index (χ0n) is 28.8. The van der Waals surface area contributed by atoms with E-state index < -0.39 is 17.7 Å². The quantitative estimate of drug-likeness (QED) is 0.171. The zero-order chi connectivity index (χ0) is 33.9. The molecule has 0 saturated heterocycles. The SMILES string of the molecule is COC(=O)[C@@H](OC(C)(C)C)c1c(C)nc2c(cc(-c3ccnc(-c4ccc5c(cnn5C)c4)c3)n2C)c1-c1ccc2c(c1C)CCCO2. The predicted octanol–water partition coefficient (Wildman–Crippen LogP) is 7.83. The predicted molar refractivity (Wildman–Crippen MR) is 188 cm³/mol. The zero-order valence-corrected chi connectivity index (χ0v) is 28.8. The number of methoxy groups -OCH3 is 1. The van der Waals surface area contributed by atoms with E-state index in [9.17, 15) is 4.79 Å². The molecule has 1 atom stereocenters. The van der Waals surface area contributed by atoms with Crippen molar-refractivity contribution in [2.45, 2.75) is 59.2 Å². The van der Waals surface area contributed by atoms with Crippen molar-refractivity contribution in [3.8, 4) is 39.4 Å². The third-order valence-corrected chi connectivity index (χ3v) is 9.30. The van der Waals surface area contributed by atoms with Crippen molar-refractivity contribution in [3.05, 3.63) is 83.3 Å². The van der Waals surface area contributed by atoms with E-state index in [-0.39, 0.29) is 0 Å². The lowest BCUT2D eigenvalue weighted by Gasteiger charge is -2.29. The fourth-order valence-electron chi connectivity index (χ4n) is 6.98. The lowest BCUT2D eigenvalue weighted by atomic mass is 9.87. The molecule has 9 nitrogen and oxygen atoms in total. The Hall–Kier alpha value is -5.02. The van der Waals surface area contributed by atoms with E-state index in [0.29, 0.717) is 17.9 Å². The Labute approximate surface area is 280 Å². The number of esters is 1. The van der Waals surface area contributed by atoms with E-state index in [1.165, 1.54) is 12.7 Å². The van der Waals surface area contributed by atoms with Crippen LogP contribution < -0.4 is 4.74 Å². The van der Waals surface area contributed by atoms with E-state index in [4.69, 9.17) is 24.2 Å². The van der Waals surface area contributed by atoms with Gasteiger partial charge in [-0.3, -0.25) is 9.67 Å². The smallest absolute Gasteiger partial charge is 0.339 e. The van der Waals surface area contributed by atoms with Gasteiger partial charge < -0.3 is 18.8 Å². The highest BCUT2D eigenvalue weighted by molar-refractivity contribution is 6.01. The van der Waals surface area contributed by atoms with Crippen LogP contribution in [0, 0.1) is 13.8 Å². The second kappa shape index (κ2) is 11.9. The van der Waals surface area contributed by atoms with Crippen molar-refractivity contribution in [2.75, 3.05) is 13.7 Å². The monoisotopic (exact) mass is 643 g/mol. The number of pyridine rings is 2. The molecule has 0 aliphatic carbocycles. The van der Waals surface area contributed by atoms with Gasteiger partial charge in [0, 0.05) is 59.0 Å². The van der Waals surface area contributed by atoms with Gasteiger partial charge in [-0.25, -0.2) is 9.78 Å². The number of nitrogens with zero attached hydrogens (tertiary/aromatic N) is 5. The minimum atomic E-state index is -0.979. The summed E-state index contributed by atoms with van der Waals surface area (Å²) in [6, 6.07) is 16.7. The lowest BCUT2D eigenvalue weighted by molar-refractivity contribution is -0.164. The molecule has 2 aromatic carbocycles. The van der Waals surface area contributed by atoms with Crippen molar-refractivity contribution in [2.24, 2.45) is 14.1 Å². The van der Waals surface area contributed by atoms with Gasteiger partial charge in [0.05, 0.1) is 42.4 Å². The Bertz CT molecular complexity index is 2220. The summed E-state index contributed by atoms with van der Waals surface area (Å²) in [7, 11) is 5.38. The first kappa shape index (κ1) is 31.6. The molecule has 0 saturated carbocycles. The molecule has 0 N–H and O–H groups in total. The van der Waals surface area contributed by atoms with E-state index in [1.54, 1.807) is 0 Å². The van der Waals surface area contributed by atoms with Crippen LogP contribution in [0.4, 0.5) is 0 Å². The molecule has 1 aliphatic heterocycles. The number of benzene rings is 2. The van der Waals surface area contributed by atoms with Crippen LogP contribution in [-0.4, -0.2) is 49.6 Å². The topological polar surface area (TPSA) is 93.3 Å². The van der Waals surface area contributed by atoms with Crippen LogP contribution in [-0.2, 0) is 34.8 Å². The van der Waals surface area contributed by atoms with Gasteiger partial charge in [-0.05, 0) is 101 Å². The Balaban J connectivity index is 1.47. The molecule has 5 heterocycles. The van der Waals surface area contributed by atoms with Crippen molar-refractivity contribution in [1.82, 2.24) is 24.3 Å². The summed E-state index contributed by atoms with van der Waals surface area (Å²) < 4.78 is 21.8. The van der Waals surface area contributed by atoms with Gasteiger partial charge in [0.25, 0.3) is 0 Å². The largest absolute Gasteiger partial charge is 0.493 e. The molecule has 0 spiro atoms. The van der Waals surface area contributed by atoms with Crippen LogP contribution in [0.3, 0.4) is 0 Å². The second-order valence-corrected chi connectivity index (χ2v) is 13.6. The summed E-state index contributed by atoms with van der Waals surface area (Å²) in [5.74, 6) is 0.457. The molecule has 0 fully saturated rings. The first-order valence-corrected chi connectivity index (χ1v) is 16.3. The van der Waals surface area contributed by atoms with Crippen LogP contribution in [0.25, 0.3) is 55.6 Å². The minimum absolute atomic E-state index is 0.463. The number of carbonyl (C=O) groups excluding carboxylic acids is 1. The van der Waals surface area contributed by atoms with Gasteiger partial charge in [-0.2, -0.15) is 5.10 Å². The summed E-state index contributed by atoms with van der Waals surface area (Å²) in [4.78, 5) is 23.4. The molecule has 0 bridgehead atoms. The molecular formula is C39H41N5O4. The second-order valence-electron chi connectivity index (χ2n) is 13.6. The third-order valence-electron chi connectivity index (χ3n) is 9.30. The average Bonchev–Trinajstić information content (AvgIpc) is 3.61. The number of fused-ring (bicyclic) bond motifs is 3. The molecule has 1 aliphatic rings. The van der Waals surface area contributed by atoms with Gasteiger partial charge in [-0.1, -0.05) is 12.1 Å². The van der Waals surface area contributed by atoms with Gasteiger partial charge in [0.1, 0.15) is 11.4 Å². The molecule has 7 rings (SSSR count). The minimum Gasteiger partial charge on any atom is -0.493 e. The highest BCUT2D eigenvalue weighted by atomic mass is 16.6. The summed E-state index contributed by atoms with van der Waals surface area (Å²) in [6.07, 6.45) is 4.63. The molecule has 48 heavy (non-hydrogen) atoms. The van der Waals surface area contributed by atoms with Crippen molar-refractivity contribution in [1.29, 1.82) is 0 Å². The van der Waals surface area contributed by atoms with Gasteiger partial charge in [0.2, 0.25) is 0 Å². The number of hydrogen-bond donors (Lipinski definition) is 0. The standard InChI is InChI=1S/C39H41N5O4/c1-22-27-10-9-17-47-33(27)14-12-28(22)35-29-20-32(25-15-16-40-30(19-25)24-11-13-31-26(18-24)21-41-44(31)7)43(6)37(29)42-23(2)34(35)36(38(45)46-8)48-39(3,4)5/h11-16,18-21,36H,9-10,17H2,1-8H3/t36-/m0/s1. The molecule has 0 amide bonds. The van der Waals surface area contributed by atoms with Crippen LogP contribution >= 0.6 is 0 Å². The van der Waals surface area contributed by atoms with Gasteiger partial charge in [-0.15, -0.1) is 0 Å². The highest BCUT2D eigenvalue weighted by Crippen LogP contribution is 2.45. The highest BCUT2D eigenvalue weighted by Gasteiger charge is 2.34. The third kappa shape index (κ3) is 5.42. The van der Waals surface area contributed by atoms with Crippen molar-refractivity contribution in [3.63, 3.8) is 0 Å². The Morgan fingerprint density at radius 2 is 1.83 bits per heavy atom. The molecule has 4 aromatic heterocycles. The maximum atomic E-state index is 13.5. The first-order valence-electron chi connectivity index (χ1n) is 16.3. The van der Waals surface area contributed by atoms with E-state index in [2.05, 4.69) is 59.1 Å². The van der Waals surface area contributed by atoms with Crippen LogP contribution in [0.5, 0.6) is 5.75 Å². The summed E-state index contributed by atoms with van der Waals surface area (Å²) in [6.45, 7) is 10.6. The summed E-state index contributed by atoms with van der Waals surface area (Å²) in [5, 5.41) is 6.39. The fourth-order valence-corrected chi connectivity index (χ4v) is 6.98. The number of aryl methyl sites for hydroxylation is 3. The number of carbonyl (C=O) groups is 1. The van der Waals surface area contributed by atoms with Gasteiger partial charge in [0.15, 0.2) is 6.10 Å². The van der Waals surface area contributed by atoms with Crippen LogP contribution in [0.2, 0.25) is 0 Å². The number of ether oxygens (including phenoxy) is 3. The Morgan fingerprint density at radius 3 is 2.60 bits per heavy atom. The lowest BCUT2D eigenvalue weighted by Crippen LogP contribution is -2.29. The fraction of sp³-hybridized carbons (Fsp3) is 0.333. The van der Waals surface area contributed by atoms with Crippen molar-refractivity contribution >= 4 is 27.9 Å². The van der Waals surface area contributed by atoms with E-state index in [1.807, 2.05) is 64.9 Å². The average molecular weight is 644 g/mol. The number of rotatable bonds is 6. The Morgan fingerprint density at radius 1 is 1.02 bits per heavy atom. The van der Waals surface area contributed by atoms with Crippen LogP contribution in [0.1, 0.15) is 55.7 Å². The molecule has 6 aromatic rings. The number of aromatic nitrogens is 5. The molecule has 0 unspecified atom stereocenters. The summed E-state index contributed by atoms with van der Waals surface area (Å²) >= 11 is 0.